The number of nitrogens with zero attached hydrogens (tertiary/aromatic N) is 2. The number of hydrogen-bond acceptors (Lipinski definition) is 3. The van der Waals surface area contributed by atoms with E-state index in [4.69, 9.17) is 0 Å². The molecule has 1 aromatic rings. The summed E-state index contributed by atoms with van der Waals surface area (Å²) in [4.78, 5) is 6.77. The van der Waals surface area contributed by atoms with Gasteiger partial charge in [0.05, 0.1) is 5.35 Å². The maximum absolute atomic E-state index is 4.48. The Hall–Kier alpha value is -1.35. The summed E-state index contributed by atoms with van der Waals surface area (Å²) in [6.45, 7) is 14.0. The molecule has 80 valence electrons. The van der Waals surface area contributed by atoms with Crippen molar-refractivity contribution in [1.82, 2.24) is 10.3 Å². The number of anilines is 1. The number of piperazine rings is 1. The highest BCUT2D eigenvalue weighted by molar-refractivity contribution is 5.42. The summed E-state index contributed by atoms with van der Waals surface area (Å²) in [5.41, 5.74) is 1.17. The standard InChI is InChI=1S/C12H17N3/c1-9-8-12(14-11(3)10(9)2)15-6-4-13-5-7-15/h8,13H,2-7H2,1H3. The van der Waals surface area contributed by atoms with Gasteiger partial charge in [0, 0.05) is 26.2 Å². The smallest absolute Gasteiger partial charge is 0.129 e. The summed E-state index contributed by atoms with van der Waals surface area (Å²) < 4.78 is 0. The summed E-state index contributed by atoms with van der Waals surface area (Å²) >= 11 is 0. The Morgan fingerprint density at radius 1 is 1.33 bits per heavy atom. The van der Waals surface area contributed by atoms with Crippen LogP contribution in [0.2, 0.25) is 0 Å². The van der Waals surface area contributed by atoms with Gasteiger partial charge in [-0.05, 0) is 23.8 Å². The molecule has 3 heteroatoms. The van der Waals surface area contributed by atoms with Gasteiger partial charge in [0.1, 0.15) is 5.82 Å². The second kappa shape index (κ2) is 4.03. The third-order valence-corrected chi connectivity index (χ3v) is 2.86. The third-order valence-electron chi connectivity index (χ3n) is 2.86. The van der Waals surface area contributed by atoms with Crippen LogP contribution < -0.4 is 20.8 Å². The predicted molar refractivity (Wildman–Crippen MR) is 64.4 cm³/mol. The van der Waals surface area contributed by atoms with E-state index in [1.807, 2.05) is 0 Å². The van der Waals surface area contributed by atoms with Crippen molar-refractivity contribution in [2.45, 2.75) is 6.92 Å². The van der Waals surface area contributed by atoms with E-state index in [-0.39, 0.29) is 0 Å². The van der Waals surface area contributed by atoms with Crippen LogP contribution in [0.3, 0.4) is 0 Å². The molecule has 1 N–H and O–H groups in total. The normalized spacial score (nSPS) is 16.7. The minimum absolute atomic E-state index is 0.795. The van der Waals surface area contributed by atoms with Crippen molar-refractivity contribution >= 4 is 19.0 Å². The average molecular weight is 203 g/mol. The third kappa shape index (κ3) is 2.02. The molecule has 1 aliphatic rings. The average Bonchev–Trinajstić information content (AvgIpc) is 2.26. The van der Waals surface area contributed by atoms with Gasteiger partial charge in [0.25, 0.3) is 0 Å². The fraction of sp³-hybridized carbons (Fsp3) is 0.417. The van der Waals surface area contributed by atoms with Gasteiger partial charge >= 0.3 is 0 Å². The van der Waals surface area contributed by atoms with Gasteiger partial charge in [0.2, 0.25) is 0 Å². The van der Waals surface area contributed by atoms with Crippen LogP contribution in [0.1, 0.15) is 5.56 Å². The topological polar surface area (TPSA) is 28.2 Å². The molecule has 0 spiro atoms. The first kappa shape index (κ1) is 10.2. The molecule has 2 heterocycles. The minimum atomic E-state index is 0.795. The fourth-order valence-corrected chi connectivity index (χ4v) is 1.80. The maximum Gasteiger partial charge on any atom is 0.129 e. The van der Waals surface area contributed by atoms with E-state index in [2.05, 4.69) is 41.3 Å². The van der Waals surface area contributed by atoms with Crippen LogP contribution in [-0.4, -0.2) is 31.2 Å². The number of rotatable bonds is 1. The monoisotopic (exact) mass is 203 g/mol. The molecule has 1 saturated heterocycles. The van der Waals surface area contributed by atoms with Crippen molar-refractivity contribution < 1.29 is 0 Å². The summed E-state index contributed by atoms with van der Waals surface area (Å²) in [6.07, 6.45) is 0. The highest BCUT2D eigenvalue weighted by Crippen LogP contribution is 2.08. The Kier molecular flexibility index (Phi) is 2.73. The molecule has 2 rings (SSSR count). The van der Waals surface area contributed by atoms with Gasteiger partial charge in [-0.2, -0.15) is 0 Å². The van der Waals surface area contributed by atoms with Crippen LogP contribution in [0.4, 0.5) is 5.82 Å². The van der Waals surface area contributed by atoms with Crippen LogP contribution in [0.5, 0.6) is 0 Å². The predicted octanol–water partition coefficient (Wildman–Crippen LogP) is -0.380. The molecule has 0 amide bonds. The molecule has 0 saturated carbocycles. The number of pyridine rings is 1. The first-order chi connectivity index (χ1) is 7.18. The van der Waals surface area contributed by atoms with Gasteiger partial charge < -0.3 is 10.2 Å². The van der Waals surface area contributed by atoms with Crippen molar-refractivity contribution in [3.63, 3.8) is 0 Å². The molecule has 0 aromatic carbocycles. The lowest BCUT2D eigenvalue weighted by Crippen LogP contribution is -2.45. The summed E-state index contributed by atoms with van der Waals surface area (Å²) in [7, 11) is 0. The van der Waals surface area contributed by atoms with E-state index < -0.39 is 0 Å². The fourth-order valence-electron chi connectivity index (χ4n) is 1.80. The molecule has 0 atom stereocenters. The highest BCUT2D eigenvalue weighted by atomic mass is 15.2. The van der Waals surface area contributed by atoms with Crippen molar-refractivity contribution in [3.8, 4) is 0 Å². The van der Waals surface area contributed by atoms with E-state index in [1.165, 1.54) is 5.56 Å². The van der Waals surface area contributed by atoms with E-state index in [0.29, 0.717) is 0 Å². The lowest BCUT2D eigenvalue weighted by Gasteiger charge is -2.28. The summed E-state index contributed by atoms with van der Waals surface area (Å²) in [5.74, 6) is 1.03. The van der Waals surface area contributed by atoms with E-state index in [0.717, 1.165) is 42.6 Å². The number of aryl methyl sites for hydroxylation is 1. The van der Waals surface area contributed by atoms with Crippen LogP contribution in [0, 0.1) is 6.92 Å². The first-order valence-electron chi connectivity index (χ1n) is 5.29. The quantitative estimate of drug-likeness (QED) is 0.674. The molecule has 0 unspecified atom stereocenters. The van der Waals surface area contributed by atoms with Crippen molar-refractivity contribution in [1.29, 1.82) is 0 Å². The number of aromatic nitrogens is 1. The second-order valence-corrected chi connectivity index (χ2v) is 3.96. The van der Waals surface area contributed by atoms with Crippen LogP contribution in [0.15, 0.2) is 6.07 Å². The number of hydrogen-bond donors (Lipinski definition) is 1. The summed E-state index contributed by atoms with van der Waals surface area (Å²) in [5, 5.41) is 5.08. The molecular weight excluding hydrogens is 186 g/mol. The first-order valence-corrected chi connectivity index (χ1v) is 5.29. The van der Waals surface area contributed by atoms with Gasteiger partial charge in [-0.3, -0.25) is 0 Å². The largest absolute Gasteiger partial charge is 0.354 e. The molecule has 3 nitrogen and oxygen atoms in total. The zero-order valence-electron chi connectivity index (χ0n) is 9.21. The molecule has 0 radical (unpaired) electrons. The summed E-state index contributed by atoms with van der Waals surface area (Å²) in [6, 6.07) is 2.10. The molecule has 0 aliphatic carbocycles. The SMILES string of the molecule is C=c1nc(N2CCNCC2)cc(C)c1=C. The van der Waals surface area contributed by atoms with Gasteiger partial charge in [0.15, 0.2) is 0 Å². The molecule has 0 bridgehead atoms. The van der Waals surface area contributed by atoms with Gasteiger partial charge in [-0.15, -0.1) is 0 Å². The lowest BCUT2D eigenvalue weighted by molar-refractivity contribution is 0.584. The zero-order chi connectivity index (χ0) is 10.8. The van der Waals surface area contributed by atoms with Crippen LogP contribution >= 0.6 is 0 Å². The minimum Gasteiger partial charge on any atom is -0.354 e. The van der Waals surface area contributed by atoms with Crippen molar-refractivity contribution in [2.75, 3.05) is 31.1 Å². The van der Waals surface area contributed by atoms with Gasteiger partial charge in [-0.1, -0.05) is 13.2 Å². The van der Waals surface area contributed by atoms with Crippen LogP contribution in [-0.2, 0) is 0 Å². The Morgan fingerprint density at radius 3 is 2.60 bits per heavy atom. The Labute approximate surface area is 90.1 Å². The Morgan fingerprint density at radius 2 is 2.00 bits per heavy atom. The zero-order valence-corrected chi connectivity index (χ0v) is 9.21. The van der Waals surface area contributed by atoms with Crippen molar-refractivity contribution in [3.05, 3.63) is 22.2 Å². The van der Waals surface area contributed by atoms with E-state index in [9.17, 15) is 0 Å². The molecule has 1 aliphatic heterocycles. The van der Waals surface area contributed by atoms with Crippen LogP contribution in [0.25, 0.3) is 13.2 Å². The second-order valence-electron chi connectivity index (χ2n) is 3.96. The molecule has 1 fully saturated rings. The molecule has 1 aromatic heterocycles. The van der Waals surface area contributed by atoms with E-state index >= 15 is 0 Å². The Balaban J connectivity index is 2.36. The maximum atomic E-state index is 4.48. The molecular formula is C12H17N3. The molecule has 15 heavy (non-hydrogen) atoms. The Bertz CT molecular complexity index is 447. The van der Waals surface area contributed by atoms with Gasteiger partial charge in [-0.25, -0.2) is 4.98 Å². The highest BCUT2D eigenvalue weighted by Gasteiger charge is 2.11. The van der Waals surface area contributed by atoms with E-state index in [1.54, 1.807) is 0 Å². The van der Waals surface area contributed by atoms with Crippen molar-refractivity contribution in [2.24, 2.45) is 0 Å². The number of nitrogens with one attached hydrogen (secondary N) is 1. The lowest BCUT2D eigenvalue weighted by atomic mass is 10.2.